The Kier molecular flexibility index (Phi) is 2.79. The smallest absolute Gasteiger partial charge is 0.340 e. The molecule has 0 fully saturated rings. The van der Waals surface area contributed by atoms with Gasteiger partial charge in [0.2, 0.25) is 0 Å². The number of benzene rings is 1. The molecule has 0 aliphatic carbocycles. The van der Waals surface area contributed by atoms with E-state index in [-0.39, 0.29) is 11.1 Å². The summed E-state index contributed by atoms with van der Waals surface area (Å²) in [5, 5.41) is 26.0. The van der Waals surface area contributed by atoms with E-state index in [9.17, 15) is 9.18 Å². The lowest BCUT2D eigenvalue weighted by Gasteiger charge is -2.04. The zero-order valence-electron chi connectivity index (χ0n) is 6.99. The van der Waals surface area contributed by atoms with Crippen LogP contribution in [0.3, 0.4) is 0 Å². The van der Waals surface area contributed by atoms with Crippen LogP contribution in [0.2, 0.25) is 0 Å². The van der Waals surface area contributed by atoms with Crippen LogP contribution in [0.4, 0.5) is 4.39 Å². The maximum atomic E-state index is 13.0. The number of aromatic carboxylic acids is 1. The van der Waals surface area contributed by atoms with Crippen LogP contribution in [0.15, 0.2) is 12.1 Å². The highest BCUT2D eigenvalue weighted by atomic mass is 19.1. The van der Waals surface area contributed by atoms with E-state index in [1.807, 2.05) is 0 Å². The molecule has 2 N–H and O–H groups in total. The van der Waals surface area contributed by atoms with Crippen molar-refractivity contribution in [1.82, 2.24) is 0 Å². The number of nitriles is 1. The Labute approximate surface area is 78.8 Å². The molecule has 1 aromatic carbocycles. The molecule has 0 aromatic heterocycles. The minimum atomic E-state index is -1.52. The highest BCUT2D eigenvalue weighted by molar-refractivity contribution is 5.91. The normalized spacial score (nSPS) is 9.50. The number of nitrogens with zero attached hydrogens (tertiary/aromatic N) is 1. The summed E-state index contributed by atoms with van der Waals surface area (Å²) in [5.41, 5.74) is -0.926. The van der Waals surface area contributed by atoms with Gasteiger partial charge in [-0.3, -0.25) is 0 Å². The summed E-state index contributed by atoms with van der Waals surface area (Å²) in [6.07, 6.45) is 0. The summed E-state index contributed by atoms with van der Waals surface area (Å²) in [6, 6.07) is 3.65. The number of carboxylic acid groups (broad SMARTS) is 1. The first-order valence-electron chi connectivity index (χ1n) is 3.67. The molecule has 0 saturated heterocycles. The molecule has 4 nitrogen and oxygen atoms in total. The molecule has 0 spiro atoms. The molecule has 14 heavy (non-hydrogen) atoms. The number of hydrogen-bond donors (Lipinski definition) is 2. The molecule has 0 amide bonds. The van der Waals surface area contributed by atoms with Crippen LogP contribution in [-0.2, 0) is 6.61 Å². The molecule has 0 unspecified atom stereocenters. The lowest BCUT2D eigenvalue weighted by molar-refractivity contribution is 0.0691. The fourth-order valence-electron chi connectivity index (χ4n) is 1.09. The SMILES string of the molecule is N#Cc1c(CO)ccc(F)c1C(=O)O. The van der Waals surface area contributed by atoms with E-state index in [0.29, 0.717) is 0 Å². The van der Waals surface area contributed by atoms with Crippen molar-refractivity contribution < 1.29 is 19.4 Å². The maximum absolute atomic E-state index is 13.0. The summed E-state index contributed by atoms with van der Waals surface area (Å²) in [6.45, 7) is -0.497. The maximum Gasteiger partial charge on any atom is 0.340 e. The van der Waals surface area contributed by atoms with Crippen molar-refractivity contribution in [3.8, 4) is 6.07 Å². The van der Waals surface area contributed by atoms with E-state index in [4.69, 9.17) is 15.5 Å². The summed E-state index contributed by atoms with van der Waals surface area (Å²) in [5.74, 6) is -2.50. The largest absolute Gasteiger partial charge is 0.478 e. The van der Waals surface area contributed by atoms with Gasteiger partial charge in [-0.05, 0) is 11.6 Å². The van der Waals surface area contributed by atoms with Crippen molar-refractivity contribution in [2.75, 3.05) is 0 Å². The Morgan fingerprint density at radius 2 is 2.21 bits per heavy atom. The van der Waals surface area contributed by atoms with E-state index in [2.05, 4.69) is 0 Å². The summed E-state index contributed by atoms with van der Waals surface area (Å²) in [7, 11) is 0. The Balaban J connectivity index is 3.53. The Morgan fingerprint density at radius 1 is 1.57 bits per heavy atom. The number of aliphatic hydroxyl groups is 1. The fraction of sp³-hybridized carbons (Fsp3) is 0.111. The van der Waals surface area contributed by atoms with Crippen molar-refractivity contribution in [2.45, 2.75) is 6.61 Å². The fourth-order valence-corrected chi connectivity index (χ4v) is 1.09. The zero-order chi connectivity index (χ0) is 10.7. The van der Waals surface area contributed by atoms with Gasteiger partial charge in [0, 0.05) is 0 Å². The van der Waals surface area contributed by atoms with Crippen molar-refractivity contribution in [2.24, 2.45) is 0 Å². The van der Waals surface area contributed by atoms with E-state index in [1.165, 1.54) is 6.07 Å². The lowest BCUT2D eigenvalue weighted by atomic mass is 10.0. The molecule has 72 valence electrons. The predicted molar refractivity (Wildman–Crippen MR) is 44.0 cm³/mol. The van der Waals surface area contributed by atoms with Gasteiger partial charge in [0.25, 0.3) is 0 Å². The second-order valence-electron chi connectivity index (χ2n) is 2.53. The molecule has 0 atom stereocenters. The molecular weight excluding hydrogens is 189 g/mol. The van der Waals surface area contributed by atoms with E-state index in [1.54, 1.807) is 6.07 Å². The Bertz CT molecular complexity index is 423. The summed E-state index contributed by atoms with van der Waals surface area (Å²) >= 11 is 0. The van der Waals surface area contributed by atoms with Gasteiger partial charge in [0.15, 0.2) is 0 Å². The molecule has 0 heterocycles. The molecule has 1 rings (SSSR count). The van der Waals surface area contributed by atoms with Crippen molar-refractivity contribution in [1.29, 1.82) is 5.26 Å². The minimum absolute atomic E-state index is 0.103. The van der Waals surface area contributed by atoms with E-state index >= 15 is 0 Å². The third-order valence-corrected chi connectivity index (χ3v) is 1.74. The van der Waals surface area contributed by atoms with Gasteiger partial charge in [-0.15, -0.1) is 0 Å². The highest BCUT2D eigenvalue weighted by Gasteiger charge is 2.18. The molecular formula is C9H6FNO3. The second kappa shape index (κ2) is 3.85. The first-order chi connectivity index (χ1) is 6.61. The minimum Gasteiger partial charge on any atom is -0.478 e. The molecule has 1 aromatic rings. The van der Waals surface area contributed by atoms with E-state index < -0.39 is 24.0 Å². The molecule has 0 aliphatic heterocycles. The van der Waals surface area contributed by atoms with Crippen LogP contribution < -0.4 is 0 Å². The third kappa shape index (κ3) is 1.56. The number of carbonyl (C=O) groups is 1. The molecule has 5 heteroatoms. The van der Waals surface area contributed by atoms with Gasteiger partial charge in [-0.25, -0.2) is 9.18 Å². The van der Waals surface area contributed by atoms with E-state index in [0.717, 1.165) is 6.07 Å². The number of carboxylic acids is 1. The highest BCUT2D eigenvalue weighted by Crippen LogP contribution is 2.17. The van der Waals surface area contributed by atoms with Crippen LogP contribution in [0, 0.1) is 17.1 Å². The van der Waals surface area contributed by atoms with Gasteiger partial charge < -0.3 is 10.2 Å². The topological polar surface area (TPSA) is 81.3 Å². The predicted octanol–water partition coefficient (Wildman–Crippen LogP) is 0.888. The van der Waals surface area contributed by atoms with Crippen LogP contribution >= 0.6 is 0 Å². The van der Waals surface area contributed by atoms with Gasteiger partial charge in [-0.1, -0.05) is 6.07 Å². The number of rotatable bonds is 2. The monoisotopic (exact) mass is 195 g/mol. The summed E-state index contributed by atoms with van der Waals surface area (Å²) < 4.78 is 13.0. The molecule has 0 radical (unpaired) electrons. The average Bonchev–Trinajstić information content (AvgIpc) is 2.16. The van der Waals surface area contributed by atoms with Crippen LogP contribution in [0.25, 0.3) is 0 Å². The van der Waals surface area contributed by atoms with Crippen molar-refractivity contribution in [3.63, 3.8) is 0 Å². The van der Waals surface area contributed by atoms with Gasteiger partial charge in [0.05, 0.1) is 12.2 Å². The standard InChI is InChI=1S/C9H6FNO3/c10-7-2-1-5(4-12)6(3-11)8(7)9(13)14/h1-2,12H,4H2,(H,13,14). The van der Waals surface area contributed by atoms with Crippen LogP contribution in [-0.4, -0.2) is 16.2 Å². The first-order valence-corrected chi connectivity index (χ1v) is 3.67. The van der Waals surface area contributed by atoms with Crippen molar-refractivity contribution in [3.05, 3.63) is 34.6 Å². The molecule has 0 saturated carbocycles. The molecule has 0 bridgehead atoms. The number of hydrogen-bond acceptors (Lipinski definition) is 3. The second-order valence-corrected chi connectivity index (χ2v) is 2.53. The summed E-state index contributed by atoms with van der Waals surface area (Å²) in [4.78, 5) is 10.6. The van der Waals surface area contributed by atoms with Gasteiger partial charge in [0.1, 0.15) is 17.4 Å². The molecule has 0 aliphatic rings. The van der Waals surface area contributed by atoms with Gasteiger partial charge in [-0.2, -0.15) is 5.26 Å². The van der Waals surface area contributed by atoms with Crippen LogP contribution in [0.5, 0.6) is 0 Å². The van der Waals surface area contributed by atoms with Gasteiger partial charge >= 0.3 is 5.97 Å². The third-order valence-electron chi connectivity index (χ3n) is 1.74. The Morgan fingerprint density at radius 3 is 2.64 bits per heavy atom. The van der Waals surface area contributed by atoms with Crippen LogP contribution in [0.1, 0.15) is 21.5 Å². The lowest BCUT2D eigenvalue weighted by Crippen LogP contribution is -2.07. The number of aliphatic hydroxyl groups excluding tert-OH is 1. The number of halogens is 1. The van der Waals surface area contributed by atoms with Crippen molar-refractivity contribution >= 4 is 5.97 Å². The first kappa shape index (κ1) is 10.2. The zero-order valence-corrected chi connectivity index (χ0v) is 6.99. The quantitative estimate of drug-likeness (QED) is 0.734. The Hall–Kier alpha value is -1.93. The average molecular weight is 195 g/mol.